The fourth-order valence-electron chi connectivity index (χ4n) is 1.61. The van der Waals surface area contributed by atoms with Crippen LogP contribution in [0.4, 0.5) is 0 Å². The third kappa shape index (κ3) is 2.41. The van der Waals surface area contributed by atoms with Crippen LogP contribution in [0.1, 0.15) is 6.92 Å². The van der Waals surface area contributed by atoms with Gasteiger partial charge in [-0.3, -0.25) is 0 Å². The van der Waals surface area contributed by atoms with Gasteiger partial charge in [0.25, 0.3) is 0 Å². The fraction of sp³-hybridized carbons (Fsp3) is 0.545. The second-order valence-electron chi connectivity index (χ2n) is 3.43. The second kappa shape index (κ2) is 4.89. The van der Waals surface area contributed by atoms with Crippen molar-refractivity contribution < 1.29 is 4.74 Å². The highest BCUT2D eigenvalue weighted by Gasteiger charge is 2.22. The SMILES string of the molecule is C=C=C(OC)[C@@H]1CN(C(=C)C)CCN1. The van der Waals surface area contributed by atoms with E-state index in [-0.39, 0.29) is 6.04 Å². The molecule has 1 heterocycles. The smallest absolute Gasteiger partial charge is 0.156 e. The zero-order valence-corrected chi connectivity index (χ0v) is 8.97. The van der Waals surface area contributed by atoms with E-state index in [1.165, 1.54) is 0 Å². The molecule has 0 aromatic heterocycles. The van der Waals surface area contributed by atoms with E-state index in [9.17, 15) is 0 Å². The minimum atomic E-state index is 0.183. The zero-order chi connectivity index (χ0) is 10.6. The van der Waals surface area contributed by atoms with Gasteiger partial charge in [0.05, 0.1) is 13.2 Å². The first-order valence-electron chi connectivity index (χ1n) is 4.76. The van der Waals surface area contributed by atoms with Crippen LogP contribution in [0.25, 0.3) is 0 Å². The molecule has 3 nitrogen and oxygen atoms in total. The summed E-state index contributed by atoms with van der Waals surface area (Å²) in [5.41, 5.74) is 3.90. The van der Waals surface area contributed by atoms with Gasteiger partial charge < -0.3 is 15.0 Å². The molecule has 1 rings (SSSR count). The van der Waals surface area contributed by atoms with Crippen LogP contribution < -0.4 is 5.32 Å². The van der Waals surface area contributed by atoms with Crippen molar-refractivity contribution in [3.8, 4) is 0 Å². The topological polar surface area (TPSA) is 24.5 Å². The molecule has 3 heteroatoms. The Bertz CT molecular complexity index is 266. The number of nitrogens with zero attached hydrogens (tertiary/aromatic N) is 1. The van der Waals surface area contributed by atoms with Crippen molar-refractivity contribution in [2.75, 3.05) is 26.7 Å². The number of piperazine rings is 1. The first-order chi connectivity index (χ1) is 6.69. The lowest BCUT2D eigenvalue weighted by Crippen LogP contribution is -2.50. The predicted octanol–water partition coefficient (Wildman–Crippen LogP) is 1.11. The summed E-state index contributed by atoms with van der Waals surface area (Å²) in [5, 5.41) is 3.36. The van der Waals surface area contributed by atoms with E-state index in [1.807, 2.05) is 6.92 Å². The summed E-state index contributed by atoms with van der Waals surface area (Å²) in [6.45, 7) is 12.4. The van der Waals surface area contributed by atoms with Crippen molar-refractivity contribution in [1.82, 2.24) is 10.2 Å². The number of hydrogen-bond donors (Lipinski definition) is 1. The maximum absolute atomic E-state index is 5.19. The summed E-state index contributed by atoms with van der Waals surface area (Å²) in [6, 6.07) is 0.183. The minimum absolute atomic E-state index is 0.183. The molecule has 0 saturated carbocycles. The Labute approximate surface area is 85.7 Å². The van der Waals surface area contributed by atoms with E-state index in [4.69, 9.17) is 4.74 Å². The third-order valence-electron chi connectivity index (χ3n) is 2.43. The molecular weight excluding hydrogens is 176 g/mol. The van der Waals surface area contributed by atoms with Gasteiger partial charge in [-0.05, 0) is 6.92 Å². The van der Waals surface area contributed by atoms with Crippen molar-refractivity contribution in [3.63, 3.8) is 0 Å². The highest BCUT2D eigenvalue weighted by molar-refractivity contribution is 5.06. The van der Waals surface area contributed by atoms with Crippen LogP contribution >= 0.6 is 0 Å². The van der Waals surface area contributed by atoms with Gasteiger partial charge in [0.2, 0.25) is 0 Å². The first kappa shape index (κ1) is 10.9. The molecule has 78 valence electrons. The van der Waals surface area contributed by atoms with Crippen LogP contribution in [-0.2, 0) is 4.74 Å². The number of nitrogens with one attached hydrogen (secondary N) is 1. The molecule has 1 aliphatic rings. The molecule has 0 bridgehead atoms. The van der Waals surface area contributed by atoms with Crippen LogP contribution in [0.5, 0.6) is 0 Å². The average molecular weight is 194 g/mol. The Morgan fingerprint density at radius 2 is 2.36 bits per heavy atom. The van der Waals surface area contributed by atoms with Crippen LogP contribution in [0.15, 0.2) is 30.3 Å². The molecule has 1 atom stereocenters. The van der Waals surface area contributed by atoms with Crippen molar-refractivity contribution in [2.24, 2.45) is 0 Å². The number of methoxy groups -OCH3 is 1. The molecule has 0 unspecified atom stereocenters. The number of hydrogen-bond acceptors (Lipinski definition) is 3. The first-order valence-corrected chi connectivity index (χ1v) is 4.76. The monoisotopic (exact) mass is 194 g/mol. The van der Waals surface area contributed by atoms with E-state index in [1.54, 1.807) is 7.11 Å². The quantitative estimate of drug-likeness (QED) is 0.538. The summed E-state index contributed by atoms with van der Waals surface area (Å²) >= 11 is 0. The van der Waals surface area contributed by atoms with Crippen molar-refractivity contribution in [1.29, 1.82) is 0 Å². The largest absolute Gasteiger partial charge is 0.491 e. The summed E-state index contributed by atoms with van der Waals surface area (Å²) < 4.78 is 5.19. The Balaban J connectivity index is 2.64. The lowest BCUT2D eigenvalue weighted by molar-refractivity contribution is 0.194. The average Bonchev–Trinajstić information content (AvgIpc) is 2.20. The lowest BCUT2D eigenvalue weighted by Gasteiger charge is -2.35. The van der Waals surface area contributed by atoms with Crippen molar-refractivity contribution >= 4 is 0 Å². The number of rotatable bonds is 3. The normalized spacial score (nSPS) is 21.3. The molecule has 0 radical (unpaired) electrons. The van der Waals surface area contributed by atoms with Gasteiger partial charge in [-0.2, -0.15) is 0 Å². The summed E-state index contributed by atoms with van der Waals surface area (Å²) in [4.78, 5) is 2.23. The molecule has 0 aliphatic carbocycles. The van der Waals surface area contributed by atoms with Gasteiger partial charge in [-0.15, -0.1) is 0 Å². The third-order valence-corrected chi connectivity index (χ3v) is 2.43. The maximum Gasteiger partial charge on any atom is 0.156 e. The van der Waals surface area contributed by atoms with Gasteiger partial charge in [0, 0.05) is 25.3 Å². The molecule has 0 aromatic carbocycles. The maximum atomic E-state index is 5.19. The Kier molecular flexibility index (Phi) is 3.81. The second-order valence-corrected chi connectivity index (χ2v) is 3.43. The molecule has 0 spiro atoms. The molecule has 0 amide bonds. The predicted molar refractivity (Wildman–Crippen MR) is 57.8 cm³/mol. The molecule has 14 heavy (non-hydrogen) atoms. The fourth-order valence-corrected chi connectivity index (χ4v) is 1.61. The Morgan fingerprint density at radius 3 is 2.86 bits per heavy atom. The molecular formula is C11H18N2O. The van der Waals surface area contributed by atoms with E-state index in [0.717, 1.165) is 31.1 Å². The summed E-state index contributed by atoms with van der Waals surface area (Å²) in [6.07, 6.45) is 0. The van der Waals surface area contributed by atoms with Gasteiger partial charge in [-0.25, -0.2) is 0 Å². The highest BCUT2D eigenvalue weighted by Crippen LogP contribution is 2.11. The van der Waals surface area contributed by atoms with Crippen LogP contribution in [0.3, 0.4) is 0 Å². The van der Waals surface area contributed by atoms with E-state index >= 15 is 0 Å². The van der Waals surface area contributed by atoms with Crippen molar-refractivity contribution in [2.45, 2.75) is 13.0 Å². The van der Waals surface area contributed by atoms with E-state index in [2.05, 4.69) is 29.1 Å². The Hall–Kier alpha value is -1.18. The van der Waals surface area contributed by atoms with Gasteiger partial charge in [0.15, 0.2) is 5.76 Å². The summed E-state index contributed by atoms with van der Waals surface area (Å²) in [5.74, 6) is 0.774. The molecule has 1 aliphatic heterocycles. The van der Waals surface area contributed by atoms with Crippen LogP contribution in [0.2, 0.25) is 0 Å². The lowest BCUT2D eigenvalue weighted by atomic mass is 10.1. The summed E-state index contributed by atoms with van der Waals surface area (Å²) in [7, 11) is 1.65. The molecule has 1 fully saturated rings. The van der Waals surface area contributed by atoms with E-state index in [0.29, 0.717) is 0 Å². The standard InChI is InChI=1S/C11H18N2O/c1-5-11(14-4)10-8-13(9(2)3)7-6-12-10/h10,12H,1-2,6-8H2,3-4H3/t10-/m0/s1. The zero-order valence-electron chi connectivity index (χ0n) is 8.97. The van der Waals surface area contributed by atoms with Crippen molar-refractivity contribution in [3.05, 3.63) is 30.3 Å². The molecule has 0 aromatic rings. The molecule has 1 saturated heterocycles. The van der Waals surface area contributed by atoms with Gasteiger partial charge in [-0.1, -0.05) is 18.9 Å². The highest BCUT2D eigenvalue weighted by atomic mass is 16.5. The van der Waals surface area contributed by atoms with Gasteiger partial charge in [0.1, 0.15) is 0 Å². The number of allylic oxidation sites excluding steroid dienone is 1. The molecule has 1 N–H and O–H groups in total. The van der Waals surface area contributed by atoms with Crippen LogP contribution in [0, 0.1) is 0 Å². The van der Waals surface area contributed by atoms with Gasteiger partial charge >= 0.3 is 0 Å². The minimum Gasteiger partial charge on any atom is -0.491 e. The number of ether oxygens (including phenoxy) is 1. The van der Waals surface area contributed by atoms with Crippen LogP contribution in [-0.4, -0.2) is 37.7 Å². The Morgan fingerprint density at radius 1 is 1.64 bits per heavy atom. The van der Waals surface area contributed by atoms with E-state index < -0.39 is 0 Å².